The number of para-hydroxylation sites is 1. The molecule has 1 aliphatic heterocycles. The summed E-state index contributed by atoms with van der Waals surface area (Å²) in [5.74, 6) is 1.43. The highest BCUT2D eigenvalue weighted by atomic mass is 16.1. The van der Waals surface area contributed by atoms with Gasteiger partial charge in [-0.05, 0) is 76.3 Å². The predicted octanol–water partition coefficient (Wildman–Crippen LogP) is 3.72. The highest BCUT2D eigenvalue weighted by Crippen LogP contribution is 2.24. The number of nitrogens with one attached hydrogen (secondary N) is 1. The van der Waals surface area contributed by atoms with E-state index in [0.29, 0.717) is 0 Å². The van der Waals surface area contributed by atoms with Gasteiger partial charge >= 0.3 is 0 Å². The van der Waals surface area contributed by atoms with Crippen molar-refractivity contribution in [2.24, 2.45) is 5.92 Å². The van der Waals surface area contributed by atoms with Crippen LogP contribution in [0.15, 0.2) is 61.1 Å². The Morgan fingerprint density at radius 1 is 1.06 bits per heavy atom. The summed E-state index contributed by atoms with van der Waals surface area (Å²) >= 11 is 0. The van der Waals surface area contributed by atoms with Crippen LogP contribution in [0, 0.1) is 5.92 Å². The lowest BCUT2D eigenvalue weighted by atomic mass is 9.95. The van der Waals surface area contributed by atoms with E-state index < -0.39 is 0 Å². The van der Waals surface area contributed by atoms with Gasteiger partial charge in [-0.2, -0.15) is 5.10 Å². The number of rotatable bonds is 11. The molecule has 0 radical (unpaired) electrons. The molecule has 34 heavy (non-hydrogen) atoms. The Morgan fingerprint density at radius 3 is 2.44 bits per heavy atom. The van der Waals surface area contributed by atoms with Crippen molar-refractivity contribution in [3.05, 3.63) is 66.6 Å². The van der Waals surface area contributed by atoms with Crippen molar-refractivity contribution < 1.29 is 4.79 Å². The molecule has 7 heteroatoms. The van der Waals surface area contributed by atoms with E-state index in [4.69, 9.17) is 5.10 Å². The molecule has 1 N–H and O–H groups in total. The molecule has 0 saturated carbocycles. The molecule has 0 unspecified atom stereocenters. The van der Waals surface area contributed by atoms with Crippen LogP contribution in [-0.2, 0) is 11.3 Å². The number of nitrogens with zero attached hydrogens (tertiary/aromatic N) is 5. The monoisotopic (exact) mass is 462 g/mol. The third-order valence-corrected chi connectivity index (χ3v) is 6.86. The second-order valence-corrected chi connectivity index (χ2v) is 9.05. The SMILES string of the molecule is CCN(CC)CCCNC(=O)C1CCN(Cc2cnn(-c3ccccc3)c2-n2cccc2)CC1. The molecule has 1 amide bonds. The second-order valence-electron chi connectivity index (χ2n) is 9.05. The van der Waals surface area contributed by atoms with Crippen LogP contribution in [0.5, 0.6) is 0 Å². The number of hydrogen-bond acceptors (Lipinski definition) is 4. The first kappa shape index (κ1) is 24.2. The largest absolute Gasteiger partial charge is 0.356 e. The summed E-state index contributed by atoms with van der Waals surface area (Å²) in [4.78, 5) is 17.5. The molecule has 3 aromatic rings. The van der Waals surface area contributed by atoms with Crippen molar-refractivity contribution in [2.45, 2.75) is 39.7 Å². The molecular formula is C27H38N6O. The smallest absolute Gasteiger partial charge is 0.223 e. The van der Waals surface area contributed by atoms with Gasteiger partial charge in [-0.25, -0.2) is 4.68 Å². The number of amides is 1. The van der Waals surface area contributed by atoms with Gasteiger partial charge in [0.25, 0.3) is 0 Å². The number of carbonyl (C=O) groups excluding carboxylic acids is 1. The van der Waals surface area contributed by atoms with Crippen molar-refractivity contribution in [1.82, 2.24) is 29.5 Å². The summed E-state index contributed by atoms with van der Waals surface area (Å²) in [5.41, 5.74) is 2.24. The van der Waals surface area contributed by atoms with Crippen molar-refractivity contribution >= 4 is 5.91 Å². The number of carbonyl (C=O) groups is 1. The normalized spacial score (nSPS) is 15.1. The summed E-state index contributed by atoms with van der Waals surface area (Å²) in [6.07, 6.45) is 8.95. The van der Waals surface area contributed by atoms with Gasteiger partial charge in [0.05, 0.1) is 11.9 Å². The van der Waals surface area contributed by atoms with E-state index in [1.165, 1.54) is 5.56 Å². The van der Waals surface area contributed by atoms with Gasteiger partial charge in [0.2, 0.25) is 5.91 Å². The minimum Gasteiger partial charge on any atom is -0.356 e. The third-order valence-electron chi connectivity index (χ3n) is 6.86. The predicted molar refractivity (Wildman–Crippen MR) is 136 cm³/mol. The van der Waals surface area contributed by atoms with Gasteiger partial charge in [0, 0.05) is 37.0 Å². The maximum Gasteiger partial charge on any atom is 0.223 e. The highest BCUT2D eigenvalue weighted by Gasteiger charge is 2.26. The molecule has 3 heterocycles. The quantitative estimate of drug-likeness (QED) is 0.441. The van der Waals surface area contributed by atoms with Crippen LogP contribution in [0.1, 0.15) is 38.7 Å². The Morgan fingerprint density at radius 2 is 1.76 bits per heavy atom. The summed E-state index contributed by atoms with van der Waals surface area (Å²) in [6.45, 7) is 11.0. The van der Waals surface area contributed by atoms with E-state index in [0.717, 1.165) is 76.6 Å². The first-order valence-corrected chi connectivity index (χ1v) is 12.7. The molecule has 2 aromatic heterocycles. The molecule has 0 bridgehead atoms. The maximum atomic E-state index is 12.7. The van der Waals surface area contributed by atoms with Crippen LogP contribution in [-0.4, -0.2) is 69.3 Å². The van der Waals surface area contributed by atoms with Gasteiger partial charge < -0.3 is 14.8 Å². The van der Waals surface area contributed by atoms with Gasteiger partial charge in [-0.15, -0.1) is 0 Å². The van der Waals surface area contributed by atoms with E-state index >= 15 is 0 Å². The fraction of sp³-hybridized carbons (Fsp3) is 0.481. The van der Waals surface area contributed by atoms with Crippen molar-refractivity contribution in [1.29, 1.82) is 0 Å². The number of benzene rings is 1. The zero-order chi connectivity index (χ0) is 23.8. The van der Waals surface area contributed by atoms with Gasteiger partial charge in [-0.3, -0.25) is 9.69 Å². The molecule has 182 valence electrons. The van der Waals surface area contributed by atoms with Crippen LogP contribution >= 0.6 is 0 Å². The van der Waals surface area contributed by atoms with Gasteiger partial charge in [-0.1, -0.05) is 32.0 Å². The number of aromatic nitrogens is 3. The molecule has 0 spiro atoms. The van der Waals surface area contributed by atoms with Crippen LogP contribution in [0.3, 0.4) is 0 Å². The third kappa shape index (κ3) is 5.96. The molecular weight excluding hydrogens is 424 g/mol. The van der Waals surface area contributed by atoms with Crippen LogP contribution in [0.4, 0.5) is 0 Å². The fourth-order valence-electron chi connectivity index (χ4n) is 4.79. The number of piperidine rings is 1. The molecule has 0 aliphatic carbocycles. The Balaban J connectivity index is 1.32. The molecule has 1 saturated heterocycles. The number of hydrogen-bond donors (Lipinski definition) is 1. The van der Waals surface area contributed by atoms with E-state index in [2.05, 4.69) is 58.1 Å². The van der Waals surface area contributed by atoms with Crippen LogP contribution < -0.4 is 5.32 Å². The van der Waals surface area contributed by atoms with E-state index in [1.54, 1.807) is 0 Å². The van der Waals surface area contributed by atoms with Crippen molar-refractivity contribution in [2.75, 3.05) is 39.3 Å². The lowest BCUT2D eigenvalue weighted by Crippen LogP contribution is -2.41. The minimum absolute atomic E-state index is 0.126. The molecule has 0 atom stereocenters. The average Bonchev–Trinajstić information content (AvgIpc) is 3.55. The van der Waals surface area contributed by atoms with Gasteiger partial charge in [0.15, 0.2) is 0 Å². The van der Waals surface area contributed by atoms with E-state index in [1.807, 2.05) is 41.2 Å². The van der Waals surface area contributed by atoms with Crippen molar-refractivity contribution in [3.8, 4) is 11.5 Å². The topological polar surface area (TPSA) is 58.3 Å². The van der Waals surface area contributed by atoms with Crippen LogP contribution in [0.2, 0.25) is 0 Å². The lowest BCUT2D eigenvalue weighted by Gasteiger charge is -2.31. The summed E-state index contributed by atoms with van der Waals surface area (Å²) in [7, 11) is 0. The van der Waals surface area contributed by atoms with Gasteiger partial charge in [0.1, 0.15) is 5.82 Å². The molecule has 7 nitrogen and oxygen atoms in total. The zero-order valence-corrected chi connectivity index (χ0v) is 20.6. The van der Waals surface area contributed by atoms with E-state index in [9.17, 15) is 4.79 Å². The van der Waals surface area contributed by atoms with E-state index in [-0.39, 0.29) is 11.8 Å². The van der Waals surface area contributed by atoms with Crippen LogP contribution in [0.25, 0.3) is 11.5 Å². The first-order valence-electron chi connectivity index (χ1n) is 12.7. The Bertz CT molecular complexity index is 1000. The average molecular weight is 463 g/mol. The second kappa shape index (κ2) is 12.0. The molecule has 4 rings (SSSR count). The first-order chi connectivity index (χ1) is 16.7. The minimum atomic E-state index is 0.126. The van der Waals surface area contributed by atoms with Crippen molar-refractivity contribution in [3.63, 3.8) is 0 Å². The Hall–Kier alpha value is -2.90. The Labute approximate surface area is 203 Å². The lowest BCUT2D eigenvalue weighted by molar-refractivity contribution is -0.126. The summed E-state index contributed by atoms with van der Waals surface area (Å²) < 4.78 is 4.14. The zero-order valence-electron chi connectivity index (χ0n) is 20.6. The highest BCUT2D eigenvalue weighted by molar-refractivity contribution is 5.78. The Kier molecular flexibility index (Phi) is 8.55. The molecule has 1 aliphatic rings. The number of likely N-dealkylation sites (tertiary alicyclic amines) is 1. The molecule has 1 fully saturated rings. The molecule has 1 aromatic carbocycles. The summed E-state index contributed by atoms with van der Waals surface area (Å²) in [6, 6.07) is 14.3. The fourth-order valence-corrected chi connectivity index (χ4v) is 4.79. The maximum absolute atomic E-state index is 12.7. The summed E-state index contributed by atoms with van der Waals surface area (Å²) in [5, 5.41) is 7.89. The standard InChI is InChI=1S/C27H38N6O/c1-3-30(4-2)16-10-15-28-26(34)23-13-19-31(20-14-23)22-24-21-29-33(25-11-6-5-7-12-25)27(24)32-17-8-9-18-32/h5-9,11-12,17-18,21,23H,3-4,10,13-16,19-20,22H2,1-2H3,(H,28,34).